The molecule has 1 unspecified atom stereocenters. The van der Waals surface area contributed by atoms with E-state index in [-0.39, 0.29) is 17.2 Å². The fraction of sp³-hybridized carbons (Fsp3) is 0.538. The molecule has 17 heavy (non-hydrogen) atoms. The summed E-state index contributed by atoms with van der Waals surface area (Å²) < 4.78 is 32.9. The van der Waals surface area contributed by atoms with Crippen LogP contribution in [0.2, 0.25) is 0 Å². The van der Waals surface area contributed by atoms with Crippen LogP contribution < -0.4 is 10.5 Å². The zero-order valence-electron chi connectivity index (χ0n) is 10.6. The zero-order valence-corrected chi connectivity index (χ0v) is 10.6. The second-order valence-electron chi connectivity index (χ2n) is 4.53. The third-order valence-electron chi connectivity index (χ3n) is 2.82. The molecule has 2 nitrogen and oxygen atoms in total. The van der Waals surface area contributed by atoms with E-state index in [0.29, 0.717) is 0 Å². The van der Waals surface area contributed by atoms with E-state index in [1.54, 1.807) is 12.1 Å². The first-order valence-corrected chi connectivity index (χ1v) is 5.62. The van der Waals surface area contributed by atoms with Crippen LogP contribution in [-0.4, -0.2) is 13.2 Å². The average molecular weight is 243 g/mol. The van der Waals surface area contributed by atoms with Gasteiger partial charge in [0.25, 0.3) is 5.92 Å². The third-order valence-corrected chi connectivity index (χ3v) is 2.82. The van der Waals surface area contributed by atoms with Gasteiger partial charge in [0.15, 0.2) is 0 Å². The van der Waals surface area contributed by atoms with Crippen LogP contribution in [0.15, 0.2) is 18.2 Å². The van der Waals surface area contributed by atoms with Gasteiger partial charge in [-0.3, -0.25) is 0 Å². The second-order valence-corrected chi connectivity index (χ2v) is 4.53. The number of alkyl halides is 2. The molecule has 96 valence electrons. The molecule has 0 aliphatic heterocycles. The largest absolute Gasteiger partial charge is 0.496 e. The quantitative estimate of drug-likeness (QED) is 0.881. The SMILES string of the molecule is COc1ccc(C(C)C)cc1C(F)(F)C(C)N. The van der Waals surface area contributed by atoms with Gasteiger partial charge in [-0.05, 0) is 30.5 Å². The van der Waals surface area contributed by atoms with Crippen molar-refractivity contribution in [3.63, 3.8) is 0 Å². The average Bonchev–Trinajstić information content (AvgIpc) is 2.27. The van der Waals surface area contributed by atoms with Crippen LogP contribution in [0.4, 0.5) is 8.78 Å². The Bertz CT molecular complexity index is 389. The Morgan fingerprint density at radius 3 is 2.24 bits per heavy atom. The van der Waals surface area contributed by atoms with Crippen molar-refractivity contribution in [1.29, 1.82) is 0 Å². The van der Waals surface area contributed by atoms with Crippen molar-refractivity contribution in [3.8, 4) is 5.75 Å². The Kier molecular flexibility index (Phi) is 4.09. The van der Waals surface area contributed by atoms with E-state index < -0.39 is 12.0 Å². The van der Waals surface area contributed by atoms with Crippen molar-refractivity contribution >= 4 is 0 Å². The highest BCUT2D eigenvalue weighted by Crippen LogP contribution is 2.38. The van der Waals surface area contributed by atoms with Crippen molar-refractivity contribution in [2.24, 2.45) is 5.73 Å². The van der Waals surface area contributed by atoms with Crippen molar-refractivity contribution in [2.75, 3.05) is 7.11 Å². The smallest absolute Gasteiger partial charge is 0.291 e. The molecule has 4 heteroatoms. The second kappa shape index (κ2) is 5.00. The monoisotopic (exact) mass is 243 g/mol. The number of halogens is 2. The Labute approximate surface area is 101 Å². The van der Waals surface area contributed by atoms with Gasteiger partial charge in [-0.25, -0.2) is 0 Å². The number of benzene rings is 1. The Balaban J connectivity index is 3.33. The Morgan fingerprint density at radius 1 is 1.24 bits per heavy atom. The molecule has 0 spiro atoms. The highest BCUT2D eigenvalue weighted by Gasteiger charge is 2.39. The van der Waals surface area contributed by atoms with Crippen LogP contribution in [-0.2, 0) is 5.92 Å². The van der Waals surface area contributed by atoms with Crippen LogP contribution in [0.5, 0.6) is 5.75 Å². The van der Waals surface area contributed by atoms with E-state index in [2.05, 4.69) is 0 Å². The molecule has 0 aromatic heterocycles. The van der Waals surface area contributed by atoms with E-state index in [1.807, 2.05) is 13.8 Å². The van der Waals surface area contributed by atoms with Gasteiger partial charge < -0.3 is 10.5 Å². The number of rotatable bonds is 4. The van der Waals surface area contributed by atoms with Crippen LogP contribution >= 0.6 is 0 Å². The molecule has 0 saturated heterocycles. The summed E-state index contributed by atoms with van der Waals surface area (Å²) in [6.07, 6.45) is 0. The van der Waals surface area contributed by atoms with Crippen LogP contribution in [0.1, 0.15) is 37.8 Å². The molecule has 0 heterocycles. The van der Waals surface area contributed by atoms with Gasteiger partial charge in [0.1, 0.15) is 5.75 Å². The number of ether oxygens (including phenoxy) is 1. The lowest BCUT2D eigenvalue weighted by atomic mass is 9.95. The third kappa shape index (κ3) is 2.75. The van der Waals surface area contributed by atoms with Crippen LogP contribution in [0.25, 0.3) is 0 Å². The summed E-state index contributed by atoms with van der Waals surface area (Å²) >= 11 is 0. The minimum absolute atomic E-state index is 0.138. The summed E-state index contributed by atoms with van der Waals surface area (Å²) in [6, 6.07) is 3.59. The molecule has 0 aliphatic carbocycles. The number of nitrogens with two attached hydrogens (primary N) is 1. The van der Waals surface area contributed by atoms with Crippen LogP contribution in [0, 0.1) is 0 Å². The molecule has 2 N–H and O–H groups in total. The maximum absolute atomic E-state index is 14.0. The Morgan fingerprint density at radius 2 is 1.82 bits per heavy atom. The van der Waals surface area contributed by atoms with Crippen molar-refractivity contribution in [3.05, 3.63) is 29.3 Å². The molecule has 0 amide bonds. The van der Waals surface area contributed by atoms with Gasteiger partial charge in [0, 0.05) is 0 Å². The van der Waals surface area contributed by atoms with Crippen molar-refractivity contribution in [2.45, 2.75) is 38.7 Å². The van der Waals surface area contributed by atoms with E-state index >= 15 is 0 Å². The fourth-order valence-electron chi connectivity index (χ4n) is 1.59. The molecule has 0 saturated carbocycles. The maximum atomic E-state index is 14.0. The highest BCUT2D eigenvalue weighted by molar-refractivity contribution is 5.41. The summed E-state index contributed by atoms with van der Waals surface area (Å²) in [6.45, 7) is 5.20. The molecule has 1 aromatic carbocycles. The van der Waals surface area contributed by atoms with Crippen molar-refractivity contribution < 1.29 is 13.5 Å². The maximum Gasteiger partial charge on any atom is 0.291 e. The predicted octanol–water partition coefficient (Wildman–Crippen LogP) is 3.26. The molecule has 0 fully saturated rings. The Hall–Kier alpha value is -1.16. The standard InChI is InChI=1S/C13H19F2NO/c1-8(2)10-5-6-12(17-4)11(7-10)13(14,15)9(3)16/h5-9H,16H2,1-4H3. The first-order chi connectivity index (χ1) is 7.80. The topological polar surface area (TPSA) is 35.2 Å². The van der Waals surface area contributed by atoms with Gasteiger partial charge in [-0.2, -0.15) is 8.78 Å². The predicted molar refractivity (Wildman–Crippen MR) is 64.6 cm³/mol. The fourth-order valence-corrected chi connectivity index (χ4v) is 1.59. The van der Waals surface area contributed by atoms with Gasteiger partial charge >= 0.3 is 0 Å². The number of hydrogen-bond acceptors (Lipinski definition) is 2. The zero-order chi connectivity index (χ0) is 13.2. The molecular weight excluding hydrogens is 224 g/mol. The highest BCUT2D eigenvalue weighted by atomic mass is 19.3. The van der Waals surface area contributed by atoms with Gasteiger partial charge in [-0.15, -0.1) is 0 Å². The summed E-state index contributed by atoms with van der Waals surface area (Å²) in [5.41, 5.74) is 6.06. The molecule has 1 atom stereocenters. The molecule has 1 rings (SSSR count). The lowest BCUT2D eigenvalue weighted by Crippen LogP contribution is -2.36. The summed E-state index contributed by atoms with van der Waals surface area (Å²) in [5, 5.41) is 0. The molecule has 0 bridgehead atoms. The van der Waals surface area contributed by atoms with Gasteiger partial charge in [0.2, 0.25) is 0 Å². The summed E-state index contributed by atoms with van der Waals surface area (Å²) in [4.78, 5) is 0. The number of hydrogen-bond donors (Lipinski definition) is 1. The lowest BCUT2D eigenvalue weighted by Gasteiger charge is -2.24. The molecule has 0 radical (unpaired) electrons. The molecular formula is C13H19F2NO. The number of methoxy groups -OCH3 is 1. The molecule has 0 aliphatic rings. The minimum atomic E-state index is -3.09. The van der Waals surface area contributed by atoms with E-state index in [0.717, 1.165) is 5.56 Å². The summed E-state index contributed by atoms with van der Waals surface area (Å²) in [7, 11) is 1.38. The van der Waals surface area contributed by atoms with E-state index in [4.69, 9.17) is 10.5 Å². The van der Waals surface area contributed by atoms with E-state index in [1.165, 1.54) is 20.1 Å². The normalized spacial score (nSPS) is 13.9. The summed E-state index contributed by atoms with van der Waals surface area (Å²) in [5.74, 6) is -2.73. The first kappa shape index (κ1) is 13.9. The lowest BCUT2D eigenvalue weighted by molar-refractivity contribution is -0.0276. The molecule has 1 aromatic rings. The first-order valence-electron chi connectivity index (χ1n) is 5.62. The van der Waals surface area contributed by atoms with Gasteiger partial charge in [-0.1, -0.05) is 19.9 Å². The van der Waals surface area contributed by atoms with Crippen LogP contribution in [0.3, 0.4) is 0 Å². The minimum Gasteiger partial charge on any atom is -0.496 e. The van der Waals surface area contributed by atoms with Gasteiger partial charge in [0.05, 0.1) is 18.7 Å². The van der Waals surface area contributed by atoms with Crippen molar-refractivity contribution in [1.82, 2.24) is 0 Å². The van der Waals surface area contributed by atoms with E-state index in [9.17, 15) is 8.78 Å².